The number of hydrogen-bond acceptors (Lipinski definition) is 4. The molecule has 0 spiro atoms. The van der Waals surface area contributed by atoms with E-state index in [4.69, 9.17) is 5.73 Å². The van der Waals surface area contributed by atoms with Crippen LogP contribution in [0.3, 0.4) is 0 Å². The maximum Gasteiger partial charge on any atom is 0.281 e. The summed E-state index contributed by atoms with van der Waals surface area (Å²) in [6, 6.07) is 0. The average molecular weight is 306 g/mol. The van der Waals surface area contributed by atoms with Gasteiger partial charge in [-0.3, -0.25) is 4.79 Å². The van der Waals surface area contributed by atoms with Crippen molar-refractivity contribution in [3.8, 4) is 0 Å². The van der Waals surface area contributed by atoms with Gasteiger partial charge in [0.15, 0.2) is 0 Å². The maximum absolute atomic E-state index is 12.0. The second-order valence-electron chi connectivity index (χ2n) is 5.45. The van der Waals surface area contributed by atoms with Crippen molar-refractivity contribution in [3.05, 3.63) is 0 Å². The highest BCUT2D eigenvalue weighted by Gasteiger charge is 2.29. The van der Waals surface area contributed by atoms with E-state index in [1.807, 2.05) is 6.92 Å². The molecule has 0 aromatic heterocycles. The molecule has 0 aromatic rings. The Morgan fingerprint density at radius 1 is 1.25 bits per heavy atom. The van der Waals surface area contributed by atoms with E-state index in [9.17, 15) is 13.2 Å². The van der Waals surface area contributed by atoms with Crippen LogP contribution in [0, 0.1) is 5.92 Å². The summed E-state index contributed by atoms with van der Waals surface area (Å²) < 4.78 is 26.5. The smallest absolute Gasteiger partial charge is 0.281 e. The number of amides is 1. The van der Waals surface area contributed by atoms with Crippen LogP contribution < -0.4 is 5.73 Å². The van der Waals surface area contributed by atoms with E-state index in [1.54, 1.807) is 4.90 Å². The molecule has 0 aromatic carbocycles. The zero-order valence-electron chi connectivity index (χ0n) is 12.6. The molecule has 2 N–H and O–H groups in total. The Hall–Kier alpha value is -0.700. The second-order valence-corrected chi connectivity index (χ2v) is 7.59. The fourth-order valence-corrected chi connectivity index (χ4v) is 3.13. The average Bonchev–Trinajstić information content (AvgIpc) is 2.44. The first-order valence-corrected chi connectivity index (χ1v) is 8.34. The van der Waals surface area contributed by atoms with Crippen LogP contribution in [0.4, 0.5) is 0 Å². The normalized spacial score (nSPS) is 19.4. The van der Waals surface area contributed by atoms with Crippen molar-refractivity contribution in [3.63, 3.8) is 0 Å². The standard InChI is InChI=1S/C12H26N4O3S/c1-11(10-13)4-5-12(17)15-6-8-16(9-7-15)20(18,19)14(2)3/h11H,4-10,13H2,1-3H3. The number of carbonyl (C=O) groups excluding carboxylic acids is 1. The highest BCUT2D eigenvalue weighted by molar-refractivity contribution is 7.86. The van der Waals surface area contributed by atoms with Gasteiger partial charge in [0.25, 0.3) is 10.2 Å². The number of nitrogens with zero attached hydrogens (tertiary/aromatic N) is 3. The summed E-state index contributed by atoms with van der Waals surface area (Å²) in [5.74, 6) is 0.432. The van der Waals surface area contributed by atoms with Crippen LogP contribution in [0.15, 0.2) is 0 Å². The fraction of sp³-hybridized carbons (Fsp3) is 0.917. The second kappa shape index (κ2) is 7.35. The third-order valence-electron chi connectivity index (χ3n) is 3.63. The van der Waals surface area contributed by atoms with E-state index < -0.39 is 10.2 Å². The summed E-state index contributed by atoms with van der Waals surface area (Å²) in [7, 11) is -0.337. The molecule has 1 saturated heterocycles. The van der Waals surface area contributed by atoms with E-state index in [2.05, 4.69) is 0 Å². The Labute approximate surface area is 121 Å². The van der Waals surface area contributed by atoms with Gasteiger partial charge in [0.1, 0.15) is 0 Å². The molecule has 0 aliphatic carbocycles. The van der Waals surface area contributed by atoms with Crippen molar-refractivity contribution in [2.75, 3.05) is 46.8 Å². The lowest BCUT2D eigenvalue weighted by Crippen LogP contribution is -2.53. The van der Waals surface area contributed by atoms with E-state index in [0.717, 1.165) is 6.42 Å². The number of hydrogen-bond donors (Lipinski definition) is 1. The molecule has 1 unspecified atom stereocenters. The van der Waals surface area contributed by atoms with Crippen LogP contribution in [0.1, 0.15) is 19.8 Å². The first kappa shape index (κ1) is 17.4. The van der Waals surface area contributed by atoms with Gasteiger partial charge in [-0.25, -0.2) is 0 Å². The highest BCUT2D eigenvalue weighted by atomic mass is 32.2. The van der Waals surface area contributed by atoms with Gasteiger partial charge in [-0.15, -0.1) is 0 Å². The van der Waals surface area contributed by atoms with Crippen LogP contribution in [0.25, 0.3) is 0 Å². The minimum atomic E-state index is -3.37. The van der Waals surface area contributed by atoms with Crippen LogP contribution >= 0.6 is 0 Å². The number of carbonyl (C=O) groups is 1. The van der Waals surface area contributed by atoms with Crippen LogP contribution in [0.5, 0.6) is 0 Å². The molecule has 118 valence electrons. The lowest BCUT2D eigenvalue weighted by Gasteiger charge is -2.35. The SMILES string of the molecule is CC(CN)CCC(=O)N1CCN(S(=O)(=O)N(C)C)CC1. The molecular weight excluding hydrogens is 280 g/mol. The molecule has 1 fully saturated rings. The summed E-state index contributed by atoms with van der Waals surface area (Å²) in [4.78, 5) is 13.8. The Bertz CT molecular complexity index is 416. The molecule has 20 heavy (non-hydrogen) atoms. The predicted molar refractivity (Wildman–Crippen MR) is 78.2 cm³/mol. The zero-order chi connectivity index (χ0) is 15.3. The molecule has 1 amide bonds. The van der Waals surface area contributed by atoms with Gasteiger partial charge in [0.2, 0.25) is 5.91 Å². The van der Waals surface area contributed by atoms with Crippen molar-refractivity contribution < 1.29 is 13.2 Å². The van der Waals surface area contributed by atoms with E-state index in [1.165, 1.54) is 22.7 Å². The van der Waals surface area contributed by atoms with Crippen LogP contribution in [-0.4, -0.2) is 74.7 Å². The van der Waals surface area contributed by atoms with Gasteiger partial charge in [-0.05, 0) is 18.9 Å². The highest BCUT2D eigenvalue weighted by Crippen LogP contribution is 2.12. The number of rotatable bonds is 6. The summed E-state index contributed by atoms with van der Waals surface area (Å²) in [6.07, 6.45) is 1.27. The summed E-state index contributed by atoms with van der Waals surface area (Å²) >= 11 is 0. The molecule has 0 saturated carbocycles. The molecule has 0 bridgehead atoms. The Kier molecular flexibility index (Phi) is 6.38. The molecule has 1 aliphatic heterocycles. The van der Waals surface area contributed by atoms with Crippen molar-refractivity contribution in [2.45, 2.75) is 19.8 Å². The molecule has 8 heteroatoms. The van der Waals surface area contributed by atoms with E-state index in [-0.39, 0.29) is 5.91 Å². The Morgan fingerprint density at radius 3 is 2.25 bits per heavy atom. The maximum atomic E-state index is 12.0. The van der Waals surface area contributed by atoms with Crippen molar-refractivity contribution in [1.29, 1.82) is 0 Å². The first-order chi connectivity index (χ1) is 9.28. The minimum absolute atomic E-state index is 0.0900. The van der Waals surface area contributed by atoms with Gasteiger partial charge >= 0.3 is 0 Å². The molecule has 7 nitrogen and oxygen atoms in total. The largest absolute Gasteiger partial charge is 0.340 e. The van der Waals surface area contributed by atoms with Crippen molar-refractivity contribution >= 4 is 16.1 Å². The lowest BCUT2D eigenvalue weighted by molar-refractivity contribution is -0.132. The quantitative estimate of drug-likeness (QED) is 0.704. The molecule has 1 heterocycles. The Morgan fingerprint density at radius 2 is 1.80 bits per heavy atom. The van der Waals surface area contributed by atoms with Gasteiger partial charge < -0.3 is 10.6 Å². The summed E-state index contributed by atoms with van der Waals surface area (Å²) in [5.41, 5.74) is 5.53. The predicted octanol–water partition coefficient (Wildman–Crippen LogP) is -0.688. The lowest BCUT2D eigenvalue weighted by atomic mass is 10.1. The van der Waals surface area contributed by atoms with Crippen LogP contribution in [-0.2, 0) is 15.0 Å². The Balaban J connectivity index is 2.44. The van der Waals surface area contributed by atoms with Gasteiger partial charge in [-0.1, -0.05) is 6.92 Å². The third kappa shape index (κ3) is 4.41. The molecular formula is C12H26N4O3S. The number of piperazine rings is 1. The summed E-state index contributed by atoms with van der Waals surface area (Å²) in [6.45, 7) is 4.25. The molecule has 1 rings (SSSR count). The minimum Gasteiger partial charge on any atom is -0.340 e. The van der Waals surface area contributed by atoms with Crippen molar-refractivity contribution in [2.24, 2.45) is 11.7 Å². The molecule has 0 radical (unpaired) electrons. The zero-order valence-corrected chi connectivity index (χ0v) is 13.4. The van der Waals surface area contributed by atoms with Gasteiger partial charge in [0, 0.05) is 46.7 Å². The monoisotopic (exact) mass is 306 g/mol. The molecule has 1 aliphatic rings. The van der Waals surface area contributed by atoms with E-state index in [0.29, 0.717) is 45.1 Å². The van der Waals surface area contributed by atoms with Gasteiger partial charge in [-0.2, -0.15) is 17.0 Å². The summed E-state index contributed by atoms with van der Waals surface area (Å²) in [5, 5.41) is 0. The fourth-order valence-electron chi connectivity index (χ4n) is 2.05. The van der Waals surface area contributed by atoms with E-state index >= 15 is 0 Å². The first-order valence-electron chi connectivity index (χ1n) is 6.94. The topological polar surface area (TPSA) is 87.0 Å². The third-order valence-corrected chi connectivity index (χ3v) is 5.57. The van der Waals surface area contributed by atoms with Crippen LogP contribution in [0.2, 0.25) is 0 Å². The van der Waals surface area contributed by atoms with Gasteiger partial charge in [0.05, 0.1) is 0 Å². The van der Waals surface area contributed by atoms with Crippen molar-refractivity contribution in [1.82, 2.24) is 13.5 Å². The molecule has 1 atom stereocenters. The number of nitrogens with two attached hydrogens (primary N) is 1.